The molecular weight excluding hydrogens is 274 g/mol. The maximum atomic E-state index is 11.7. The molecule has 1 aliphatic carbocycles. The minimum atomic E-state index is 0.172. The van der Waals surface area contributed by atoms with Crippen LogP contribution in [0.15, 0.2) is 18.2 Å². The van der Waals surface area contributed by atoms with Gasteiger partial charge in [-0.15, -0.1) is 0 Å². The van der Waals surface area contributed by atoms with E-state index in [2.05, 4.69) is 40.4 Å². The van der Waals surface area contributed by atoms with Crippen molar-refractivity contribution >= 4 is 11.6 Å². The second-order valence-corrected chi connectivity index (χ2v) is 6.57. The van der Waals surface area contributed by atoms with E-state index in [9.17, 15) is 4.79 Å². The molecule has 1 aliphatic heterocycles. The van der Waals surface area contributed by atoms with E-state index in [1.807, 2.05) is 6.92 Å². The van der Waals surface area contributed by atoms with Crippen molar-refractivity contribution in [1.29, 1.82) is 0 Å². The fourth-order valence-corrected chi connectivity index (χ4v) is 3.57. The van der Waals surface area contributed by atoms with Crippen LogP contribution in [0.3, 0.4) is 0 Å². The molecule has 3 rings (SSSR count). The van der Waals surface area contributed by atoms with Crippen molar-refractivity contribution in [3.05, 3.63) is 29.3 Å². The first kappa shape index (κ1) is 15.3. The third kappa shape index (κ3) is 3.27. The summed E-state index contributed by atoms with van der Waals surface area (Å²) in [4.78, 5) is 16.6. The van der Waals surface area contributed by atoms with E-state index in [1.54, 1.807) is 0 Å². The number of fused-ring (bicyclic) bond motifs is 1. The Kier molecular flexibility index (Phi) is 4.67. The van der Waals surface area contributed by atoms with Gasteiger partial charge in [-0.2, -0.15) is 0 Å². The van der Waals surface area contributed by atoms with E-state index in [-0.39, 0.29) is 5.91 Å². The van der Waals surface area contributed by atoms with Crippen molar-refractivity contribution in [3.8, 4) is 0 Å². The molecule has 1 aromatic rings. The third-order valence-electron chi connectivity index (χ3n) is 4.99. The first-order valence-electron chi connectivity index (χ1n) is 8.51. The Labute approximate surface area is 133 Å². The molecular formula is C18H27N3O. The van der Waals surface area contributed by atoms with Crippen LogP contribution in [0.4, 0.5) is 5.69 Å². The second-order valence-electron chi connectivity index (χ2n) is 6.57. The third-order valence-corrected chi connectivity index (χ3v) is 4.99. The zero-order valence-electron chi connectivity index (χ0n) is 13.8. The zero-order chi connectivity index (χ0) is 15.5. The SMILES string of the molecule is CCC(=O)NC1CCc2cccc(N3CCN(C)CC3)c2C1. The average Bonchev–Trinajstić information content (AvgIpc) is 2.55. The second kappa shape index (κ2) is 6.69. The fraction of sp³-hybridized carbons (Fsp3) is 0.611. The number of benzene rings is 1. The van der Waals surface area contributed by atoms with Crippen LogP contribution in [-0.2, 0) is 17.6 Å². The highest BCUT2D eigenvalue weighted by atomic mass is 16.1. The Balaban J connectivity index is 1.78. The van der Waals surface area contributed by atoms with E-state index in [1.165, 1.54) is 16.8 Å². The number of anilines is 1. The van der Waals surface area contributed by atoms with Gasteiger partial charge in [0.15, 0.2) is 0 Å². The first-order chi connectivity index (χ1) is 10.7. The summed E-state index contributed by atoms with van der Waals surface area (Å²) >= 11 is 0. The largest absolute Gasteiger partial charge is 0.369 e. The molecule has 1 heterocycles. The minimum absolute atomic E-state index is 0.172. The zero-order valence-corrected chi connectivity index (χ0v) is 13.8. The molecule has 1 fully saturated rings. The van der Waals surface area contributed by atoms with Gasteiger partial charge in [-0.25, -0.2) is 0 Å². The van der Waals surface area contributed by atoms with Crippen LogP contribution in [0.1, 0.15) is 30.9 Å². The summed E-state index contributed by atoms with van der Waals surface area (Å²) in [7, 11) is 2.19. The highest BCUT2D eigenvalue weighted by Crippen LogP contribution is 2.31. The molecule has 0 bridgehead atoms. The molecule has 0 aromatic heterocycles. The normalized spacial score (nSPS) is 22.3. The van der Waals surface area contributed by atoms with Crippen LogP contribution < -0.4 is 10.2 Å². The number of piperazine rings is 1. The number of carbonyl (C=O) groups excluding carboxylic acids is 1. The predicted octanol–water partition coefficient (Wildman–Crippen LogP) is 1.82. The van der Waals surface area contributed by atoms with Crippen LogP contribution >= 0.6 is 0 Å². The van der Waals surface area contributed by atoms with Crippen molar-refractivity contribution in [2.45, 2.75) is 38.6 Å². The number of nitrogens with one attached hydrogen (secondary N) is 1. The lowest BCUT2D eigenvalue weighted by Crippen LogP contribution is -2.45. The molecule has 1 aromatic carbocycles. The van der Waals surface area contributed by atoms with Crippen molar-refractivity contribution in [2.75, 3.05) is 38.1 Å². The minimum Gasteiger partial charge on any atom is -0.369 e. The van der Waals surface area contributed by atoms with Crippen LogP contribution in [0.2, 0.25) is 0 Å². The maximum Gasteiger partial charge on any atom is 0.219 e. The number of amides is 1. The van der Waals surface area contributed by atoms with Crippen LogP contribution in [0, 0.1) is 0 Å². The number of carbonyl (C=O) groups is 1. The Hall–Kier alpha value is -1.55. The summed E-state index contributed by atoms with van der Waals surface area (Å²) in [5, 5.41) is 3.18. The number of nitrogens with zero attached hydrogens (tertiary/aromatic N) is 2. The van der Waals surface area contributed by atoms with Gasteiger partial charge in [0.25, 0.3) is 0 Å². The molecule has 0 radical (unpaired) electrons. The Morgan fingerprint density at radius 1 is 1.27 bits per heavy atom. The number of rotatable bonds is 3. The standard InChI is InChI=1S/C18H27N3O/c1-3-18(22)19-15-8-7-14-5-4-6-17(16(14)13-15)21-11-9-20(2)10-12-21/h4-6,15H,3,7-13H2,1-2H3,(H,19,22). The molecule has 1 saturated heterocycles. The van der Waals surface area contributed by atoms with Crippen molar-refractivity contribution < 1.29 is 4.79 Å². The molecule has 1 N–H and O–H groups in total. The average molecular weight is 301 g/mol. The van der Waals surface area contributed by atoms with Gasteiger partial charge < -0.3 is 15.1 Å². The topological polar surface area (TPSA) is 35.6 Å². The number of hydrogen-bond donors (Lipinski definition) is 1. The van der Waals surface area contributed by atoms with Crippen LogP contribution in [0.25, 0.3) is 0 Å². The molecule has 2 aliphatic rings. The summed E-state index contributed by atoms with van der Waals surface area (Å²) in [5.41, 5.74) is 4.32. The monoisotopic (exact) mass is 301 g/mol. The molecule has 4 heteroatoms. The maximum absolute atomic E-state index is 11.7. The summed E-state index contributed by atoms with van der Waals surface area (Å²) in [6.45, 7) is 6.36. The van der Waals surface area contributed by atoms with Crippen molar-refractivity contribution in [2.24, 2.45) is 0 Å². The molecule has 1 amide bonds. The van der Waals surface area contributed by atoms with Gasteiger partial charge in [0.1, 0.15) is 0 Å². The lowest BCUT2D eigenvalue weighted by atomic mass is 9.86. The molecule has 1 atom stereocenters. The van der Waals surface area contributed by atoms with Crippen LogP contribution in [0.5, 0.6) is 0 Å². The van der Waals surface area contributed by atoms with E-state index >= 15 is 0 Å². The highest BCUT2D eigenvalue weighted by molar-refractivity contribution is 5.76. The van der Waals surface area contributed by atoms with Gasteiger partial charge >= 0.3 is 0 Å². The lowest BCUT2D eigenvalue weighted by molar-refractivity contribution is -0.121. The fourth-order valence-electron chi connectivity index (χ4n) is 3.57. The first-order valence-corrected chi connectivity index (χ1v) is 8.51. The van der Waals surface area contributed by atoms with Gasteiger partial charge in [-0.3, -0.25) is 4.79 Å². The Morgan fingerprint density at radius 2 is 2.05 bits per heavy atom. The molecule has 4 nitrogen and oxygen atoms in total. The summed E-state index contributed by atoms with van der Waals surface area (Å²) in [5.74, 6) is 0.172. The molecule has 22 heavy (non-hydrogen) atoms. The van der Waals surface area contributed by atoms with E-state index < -0.39 is 0 Å². The Bertz CT molecular complexity index is 535. The van der Waals surface area contributed by atoms with Gasteiger partial charge in [0, 0.05) is 44.3 Å². The highest BCUT2D eigenvalue weighted by Gasteiger charge is 2.25. The lowest BCUT2D eigenvalue weighted by Gasteiger charge is -2.37. The molecule has 0 saturated carbocycles. The smallest absolute Gasteiger partial charge is 0.219 e. The molecule has 1 unspecified atom stereocenters. The number of likely N-dealkylation sites (N-methyl/N-ethyl adjacent to an activating group) is 1. The predicted molar refractivity (Wildman–Crippen MR) is 90.4 cm³/mol. The van der Waals surface area contributed by atoms with Gasteiger partial charge in [0.2, 0.25) is 5.91 Å². The number of aryl methyl sites for hydroxylation is 1. The van der Waals surface area contributed by atoms with Crippen LogP contribution in [-0.4, -0.2) is 50.1 Å². The van der Waals surface area contributed by atoms with Gasteiger partial charge in [-0.05, 0) is 43.5 Å². The van der Waals surface area contributed by atoms with Gasteiger partial charge in [0.05, 0.1) is 0 Å². The van der Waals surface area contributed by atoms with E-state index in [0.717, 1.165) is 45.4 Å². The van der Waals surface area contributed by atoms with E-state index in [4.69, 9.17) is 0 Å². The molecule has 0 spiro atoms. The van der Waals surface area contributed by atoms with Crippen molar-refractivity contribution in [1.82, 2.24) is 10.2 Å². The van der Waals surface area contributed by atoms with E-state index in [0.29, 0.717) is 12.5 Å². The summed E-state index contributed by atoms with van der Waals surface area (Å²) < 4.78 is 0. The summed E-state index contributed by atoms with van der Waals surface area (Å²) in [6.07, 6.45) is 3.68. The van der Waals surface area contributed by atoms with Crippen molar-refractivity contribution in [3.63, 3.8) is 0 Å². The summed E-state index contributed by atoms with van der Waals surface area (Å²) in [6, 6.07) is 7.01. The number of hydrogen-bond acceptors (Lipinski definition) is 3. The van der Waals surface area contributed by atoms with Gasteiger partial charge in [-0.1, -0.05) is 19.1 Å². The quantitative estimate of drug-likeness (QED) is 0.925. The Morgan fingerprint density at radius 3 is 2.77 bits per heavy atom. The molecule has 120 valence electrons.